The normalized spacial score (nSPS) is 13.2. The summed E-state index contributed by atoms with van der Waals surface area (Å²) in [6.45, 7) is 1.99. The van der Waals surface area contributed by atoms with Crippen molar-refractivity contribution in [1.29, 1.82) is 0 Å². The van der Waals surface area contributed by atoms with Gasteiger partial charge in [-0.25, -0.2) is 15.0 Å². The van der Waals surface area contributed by atoms with Gasteiger partial charge in [-0.2, -0.15) is 13.2 Å². The Morgan fingerprint density at radius 2 is 2.05 bits per heavy atom. The Morgan fingerprint density at radius 1 is 1.29 bits per heavy atom. The minimum absolute atomic E-state index is 0.0497. The number of aryl methyl sites for hydroxylation is 1. The van der Waals surface area contributed by atoms with Gasteiger partial charge in [-0.15, -0.1) is 0 Å². The first kappa shape index (κ1) is 15.3. The molecule has 0 saturated heterocycles. The Bertz CT molecular complexity index is 593. The molecule has 1 N–H and O–H groups in total. The van der Waals surface area contributed by atoms with Gasteiger partial charge in [0.05, 0.1) is 6.04 Å². The number of halogens is 3. The molecule has 0 spiro atoms. The van der Waals surface area contributed by atoms with E-state index >= 15 is 0 Å². The van der Waals surface area contributed by atoms with E-state index in [4.69, 9.17) is 0 Å². The number of imidazole rings is 1. The van der Waals surface area contributed by atoms with Gasteiger partial charge in [-0.3, -0.25) is 0 Å². The van der Waals surface area contributed by atoms with Gasteiger partial charge < -0.3 is 9.88 Å². The van der Waals surface area contributed by atoms with Crippen LogP contribution in [0.25, 0.3) is 0 Å². The molecule has 114 valence electrons. The quantitative estimate of drug-likeness (QED) is 0.921. The minimum Gasteiger partial charge on any atom is -0.344 e. The molecule has 2 rings (SSSR count). The Kier molecular flexibility index (Phi) is 4.44. The van der Waals surface area contributed by atoms with Crippen molar-refractivity contribution in [1.82, 2.24) is 19.5 Å². The van der Waals surface area contributed by atoms with E-state index < -0.39 is 11.9 Å². The summed E-state index contributed by atoms with van der Waals surface area (Å²) in [7, 11) is 1.83. The van der Waals surface area contributed by atoms with Crippen molar-refractivity contribution in [2.45, 2.75) is 32.0 Å². The van der Waals surface area contributed by atoms with E-state index in [-0.39, 0.29) is 12.0 Å². The van der Waals surface area contributed by atoms with Crippen LogP contribution < -0.4 is 5.32 Å². The summed E-state index contributed by atoms with van der Waals surface area (Å²) in [4.78, 5) is 11.6. The maximum absolute atomic E-state index is 12.7. The van der Waals surface area contributed by atoms with Crippen molar-refractivity contribution in [3.63, 3.8) is 0 Å². The molecule has 0 aliphatic carbocycles. The average Bonchev–Trinajstić information content (AvgIpc) is 2.84. The Labute approximate surface area is 120 Å². The van der Waals surface area contributed by atoms with E-state index in [1.54, 1.807) is 12.4 Å². The van der Waals surface area contributed by atoms with Crippen LogP contribution in [0.2, 0.25) is 0 Å². The molecule has 0 aliphatic heterocycles. The molecule has 0 amide bonds. The Balaban J connectivity index is 2.24. The number of rotatable bonds is 5. The topological polar surface area (TPSA) is 55.6 Å². The predicted octanol–water partition coefficient (Wildman–Crippen LogP) is 3.18. The Morgan fingerprint density at radius 3 is 2.62 bits per heavy atom. The van der Waals surface area contributed by atoms with Gasteiger partial charge in [-0.1, -0.05) is 13.3 Å². The highest BCUT2D eigenvalue weighted by atomic mass is 19.4. The zero-order chi connectivity index (χ0) is 15.5. The first-order valence-electron chi connectivity index (χ1n) is 6.55. The molecule has 21 heavy (non-hydrogen) atoms. The van der Waals surface area contributed by atoms with Crippen LogP contribution in [0.3, 0.4) is 0 Å². The van der Waals surface area contributed by atoms with Crippen molar-refractivity contribution in [2.24, 2.45) is 7.05 Å². The van der Waals surface area contributed by atoms with Gasteiger partial charge in [0.15, 0.2) is 0 Å². The van der Waals surface area contributed by atoms with Crippen LogP contribution in [-0.2, 0) is 13.2 Å². The second kappa shape index (κ2) is 6.11. The molecule has 1 atom stereocenters. The molecular weight excluding hydrogens is 283 g/mol. The summed E-state index contributed by atoms with van der Waals surface area (Å²) in [6, 6.07) is 0.610. The van der Waals surface area contributed by atoms with Gasteiger partial charge in [0.2, 0.25) is 5.95 Å². The number of aromatic nitrogens is 4. The number of anilines is 1. The van der Waals surface area contributed by atoms with Crippen molar-refractivity contribution in [2.75, 3.05) is 5.32 Å². The molecule has 0 bridgehead atoms. The van der Waals surface area contributed by atoms with Crippen molar-refractivity contribution >= 4 is 5.95 Å². The highest BCUT2D eigenvalue weighted by Crippen LogP contribution is 2.28. The zero-order valence-corrected chi connectivity index (χ0v) is 11.7. The lowest BCUT2D eigenvalue weighted by Crippen LogP contribution is -2.18. The molecule has 2 aromatic heterocycles. The lowest BCUT2D eigenvalue weighted by atomic mass is 10.1. The predicted molar refractivity (Wildman–Crippen MR) is 71.5 cm³/mol. The van der Waals surface area contributed by atoms with Crippen LogP contribution in [0.4, 0.5) is 19.1 Å². The first-order valence-corrected chi connectivity index (χ1v) is 6.55. The van der Waals surface area contributed by atoms with Crippen LogP contribution in [0.5, 0.6) is 0 Å². The second-order valence-corrected chi connectivity index (χ2v) is 4.65. The van der Waals surface area contributed by atoms with Crippen LogP contribution >= 0.6 is 0 Å². The first-order chi connectivity index (χ1) is 9.91. The molecule has 0 unspecified atom stereocenters. The Hall–Kier alpha value is -2.12. The number of nitrogens with zero attached hydrogens (tertiary/aromatic N) is 4. The SMILES string of the molecule is CCC[C@H](Nc1nccc(C(F)(F)F)n1)c1nccn1C. The van der Waals surface area contributed by atoms with E-state index in [0.717, 1.165) is 24.5 Å². The monoisotopic (exact) mass is 299 g/mol. The molecule has 2 aromatic rings. The van der Waals surface area contributed by atoms with E-state index in [2.05, 4.69) is 20.3 Å². The molecule has 0 aliphatic rings. The standard InChI is InChI=1S/C13H16F3N5/c1-3-4-9(11-17-7-8-21(11)2)19-12-18-6-5-10(20-12)13(14,15)16/h5-9H,3-4H2,1-2H3,(H,18,19,20)/t9-/m0/s1. The van der Waals surface area contributed by atoms with E-state index in [1.165, 1.54) is 0 Å². The van der Waals surface area contributed by atoms with Crippen LogP contribution in [0.1, 0.15) is 37.3 Å². The fourth-order valence-electron chi connectivity index (χ4n) is 2.01. The van der Waals surface area contributed by atoms with Gasteiger partial charge in [0.1, 0.15) is 11.5 Å². The average molecular weight is 299 g/mol. The second-order valence-electron chi connectivity index (χ2n) is 4.65. The summed E-state index contributed by atoms with van der Waals surface area (Å²) < 4.78 is 39.8. The van der Waals surface area contributed by atoms with Gasteiger partial charge in [0, 0.05) is 25.6 Å². The van der Waals surface area contributed by atoms with Crippen molar-refractivity contribution in [3.05, 3.63) is 36.2 Å². The summed E-state index contributed by atoms with van der Waals surface area (Å²) in [5, 5.41) is 2.93. The third-order valence-corrected chi connectivity index (χ3v) is 3.00. The number of hydrogen-bond donors (Lipinski definition) is 1. The number of hydrogen-bond acceptors (Lipinski definition) is 4. The third-order valence-electron chi connectivity index (χ3n) is 3.00. The lowest BCUT2D eigenvalue weighted by Gasteiger charge is -2.18. The van der Waals surface area contributed by atoms with E-state index in [9.17, 15) is 13.2 Å². The molecule has 0 radical (unpaired) electrons. The molecular formula is C13H16F3N5. The number of alkyl halides is 3. The van der Waals surface area contributed by atoms with Crippen molar-refractivity contribution < 1.29 is 13.2 Å². The molecule has 5 nitrogen and oxygen atoms in total. The third kappa shape index (κ3) is 3.71. The fourth-order valence-corrected chi connectivity index (χ4v) is 2.01. The summed E-state index contributed by atoms with van der Waals surface area (Å²) >= 11 is 0. The smallest absolute Gasteiger partial charge is 0.344 e. The number of nitrogens with one attached hydrogen (secondary N) is 1. The zero-order valence-electron chi connectivity index (χ0n) is 11.7. The van der Waals surface area contributed by atoms with Gasteiger partial charge in [-0.05, 0) is 12.5 Å². The van der Waals surface area contributed by atoms with E-state index in [0.29, 0.717) is 6.42 Å². The fraction of sp³-hybridized carbons (Fsp3) is 0.462. The molecule has 2 heterocycles. The highest BCUT2D eigenvalue weighted by Gasteiger charge is 2.33. The van der Waals surface area contributed by atoms with Crippen LogP contribution in [-0.4, -0.2) is 19.5 Å². The molecule has 8 heteroatoms. The van der Waals surface area contributed by atoms with Crippen LogP contribution in [0.15, 0.2) is 24.7 Å². The maximum Gasteiger partial charge on any atom is 0.433 e. The van der Waals surface area contributed by atoms with Gasteiger partial charge in [0.25, 0.3) is 0 Å². The largest absolute Gasteiger partial charge is 0.433 e. The van der Waals surface area contributed by atoms with E-state index in [1.807, 2.05) is 18.5 Å². The van der Waals surface area contributed by atoms with Crippen LogP contribution in [0, 0.1) is 0 Å². The molecule has 0 fully saturated rings. The van der Waals surface area contributed by atoms with Gasteiger partial charge >= 0.3 is 6.18 Å². The maximum atomic E-state index is 12.7. The highest BCUT2D eigenvalue weighted by molar-refractivity contribution is 5.29. The molecule has 0 aromatic carbocycles. The summed E-state index contributed by atoms with van der Waals surface area (Å²) in [5.41, 5.74) is -0.963. The van der Waals surface area contributed by atoms with Crippen molar-refractivity contribution in [3.8, 4) is 0 Å². The minimum atomic E-state index is -4.48. The summed E-state index contributed by atoms with van der Waals surface area (Å²) in [5.74, 6) is 0.684. The lowest BCUT2D eigenvalue weighted by molar-refractivity contribution is -0.141. The molecule has 0 saturated carbocycles. The summed E-state index contributed by atoms with van der Waals surface area (Å²) in [6.07, 6.45) is 1.61.